The standard InChI is InChI=1S/C21H25Cl2N3O3/c1-11(15-8-12-3-4-13(15)7-12)24-18(27)10-26-19(28)21(2,25-20(26)29)14-5-6-16(22)17(23)9-14/h5-6,9,11-13,15H,3-4,7-8,10H2,1-2H3,(H,24,27)(H,25,29). The molecule has 5 unspecified atom stereocenters. The number of amides is 4. The topological polar surface area (TPSA) is 78.5 Å². The maximum absolute atomic E-state index is 13.0. The third kappa shape index (κ3) is 3.61. The molecule has 156 valence electrons. The highest BCUT2D eigenvalue weighted by Crippen LogP contribution is 2.49. The van der Waals surface area contributed by atoms with Gasteiger partial charge in [-0.05, 0) is 68.6 Å². The number of benzene rings is 1. The van der Waals surface area contributed by atoms with E-state index >= 15 is 0 Å². The van der Waals surface area contributed by atoms with Gasteiger partial charge in [0.25, 0.3) is 5.91 Å². The number of halogens is 2. The number of imide groups is 1. The second kappa shape index (κ2) is 7.47. The van der Waals surface area contributed by atoms with E-state index in [1.165, 1.54) is 19.3 Å². The molecular formula is C21H25Cl2N3O3. The number of hydrogen-bond donors (Lipinski definition) is 2. The fourth-order valence-electron chi connectivity index (χ4n) is 5.30. The zero-order valence-corrected chi connectivity index (χ0v) is 18.0. The van der Waals surface area contributed by atoms with Crippen molar-refractivity contribution in [2.24, 2.45) is 17.8 Å². The van der Waals surface area contributed by atoms with Gasteiger partial charge in [-0.2, -0.15) is 0 Å². The summed E-state index contributed by atoms with van der Waals surface area (Å²) in [5, 5.41) is 6.35. The fourth-order valence-corrected chi connectivity index (χ4v) is 5.60. The lowest BCUT2D eigenvalue weighted by molar-refractivity contribution is -0.135. The minimum absolute atomic E-state index is 0.0417. The number of carbonyl (C=O) groups is 3. The normalized spacial score (nSPS) is 31.9. The Hall–Kier alpha value is -1.79. The van der Waals surface area contributed by atoms with Crippen molar-refractivity contribution in [1.82, 2.24) is 15.5 Å². The van der Waals surface area contributed by atoms with Crippen LogP contribution in [-0.4, -0.2) is 35.3 Å². The highest BCUT2D eigenvalue weighted by Gasteiger charge is 2.50. The number of carbonyl (C=O) groups excluding carboxylic acids is 3. The summed E-state index contributed by atoms with van der Waals surface area (Å²) < 4.78 is 0. The first-order chi connectivity index (χ1) is 13.7. The number of hydrogen-bond acceptors (Lipinski definition) is 3. The van der Waals surface area contributed by atoms with Crippen LogP contribution in [0.4, 0.5) is 4.79 Å². The largest absolute Gasteiger partial charge is 0.352 e. The molecule has 0 radical (unpaired) electrons. The average Bonchev–Trinajstić information content (AvgIpc) is 3.35. The van der Waals surface area contributed by atoms with Gasteiger partial charge in [-0.3, -0.25) is 14.5 Å². The van der Waals surface area contributed by atoms with Crippen LogP contribution < -0.4 is 10.6 Å². The van der Waals surface area contributed by atoms with E-state index in [-0.39, 0.29) is 18.5 Å². The molecule has 3 fully saturated rings. The van der Waals surface area contributed by atoms with Gasteiger partial charge >= 0.3 is 6.03 Å². The lowest BCUT2D eigenvalue weighted by Crippen LogP contribution is -2.47. The Morgan fingerprint density at radius 1 is 1.28 bits per heavy atom. The smallest absolute Gasteiger partial charge is 0.325 e. The van der Waals surface area contributed by atoms with E-state index in [0.29, 0.717) is 27.4 Å². The molecule has 1 aromatic rings. The quantitative estimate of drug-likeness (QED) is 0.689. The molecule has 0 aromatic heterocycles. The summed E-state index contributed by atoms with van der Waals surface area (Å²) in [4.78, 5) is 39.0. The molecule has 1 aromatic carbocycles. The summed E-state index contributed by atoms with van der Waals surface area (Å²) in [5.74, 6) is 1.17. The van der Waals surface area contributed by atoms with Crippen LogP contribution in [0.3, 0.4) is 0 Å². The molecule has 2 bridgehead atoms. The summed E-state index contributed by atoms with van der Waals surface area (Å²) >= 11 is 12.0. The predicted octanol–water partition coefficient (Wildman–Crippen LogP) is 3.70. The molecule has 1 heterocycles. The Balaban J connectivity index is 1.42. The Bertz CT molecular complexity index is 877. The third-order valence-electron chi connectivity index (χ3n) is 6.90. The van der Waals surface area contributed by atoms with Crippen molar-refractivity contribution in [3.05, 3.63) is 33.8 Å². The third-order valence-corrected chi connectivity index (χ3v) is 7.64. The maximum atomic E-state index is 13.0. The van der Waals surface area contributed by atoms with Crippen LogP contribution in [0.1, 0.15) is 45.1 Å². The summed E-state index contributed by atoms with van der Waals surface area (Å²) in [7, 11) is 0. The van der Waals surface area contributed by atoms with Crippen molar-refractivity contribution < 1.29 is 14.4 Å². The lowest BCUT2D eigenvalue weighted by atomic mass is 9.84. The molecule has 6 nitrogen and oxygen atoms in total. The van der Waals surface area contributed by atoms with Crippen LogP contribution in [0.25, 0.3) is 0 Å². The molecule has 1 aliphatic heterocycles. The van der Waals surface area contributed by atoms with Gasteiger partial charge in [-0.25, -0.2) is 4.79 Å². The zero-order valence-electron chi connectivity index (χ0n) is 16.5. The number of fused-ring (bicyclic) bond motifs is 2. The van der Waals surface area contributed by atoms with Gasteiger partial charge in [0.15, 0.2) is 0 Å². The van der Waals surface area contributed by atoms with Gasteiger partial charge in [0.1, 0.15) is 12.1 Å². The number of nitrogens with one attached hydrogen (secondary N) is 2. The Labute approximate surface area is 180 Å². The highest BCUT2D eigenvalue weighted by atomic mass is 35.5. The Kier molecular flexibility index (Phi) is 5.28. The first-order valence-electron chi connectivity index (χ1n) is 10.1. The van der Waals surface area contributed by atoms with E-state index in [4.69, 9.17) is 23.2 Å². The molecule has 3 aliphatic rings. The second-order valence-electron chi connectivity index (χ2n) is 8.77. The summed E-state index contributed by atoms with van der Waals surface area (Å²) in [6.45, 7) is 3.32. The number of rotatable bonds is 5. The zero-order chi connectivity index (χ0) is 20.9. The number of urea groups is 1. The molecule has 2 aliphatic carbocycles. The monoisotopic (exact) mass is 437 g/mol. The molecule has 2 saturated carbocycles. The van der Waals surface area contributed by atoms with Gasteiger partial charge in [-0.15, -0.1) is 0 Å². The molecule has 4 rings (SSSR count). The molecule has 2 N–H and O–H groups in total. The molecule has 29 heavy (non-hydrogen) atoms. The molecule has 0 spiro atoms. The van der Waals surface area contributed by atoms with Crippen LogP contribution in [0.2, 0.25) is 10.0 Å². The molecule has 8 heteroatoms. The van der Waals surface area contributed by atoms with Crippen molar-refractivity contribution in [3.63, 3.8) is 0 Å². The molecule has 1 saturated heterocycles. The SMILES string of the molecule is CC(NC(=O)CN1C(=O)NC(C)(c2ccc(Cl)c(Cl)c2)C1=O)C1CC2CCC1C2. The highest BCUT2D eigenvalue weighted by molar-refractivity contribution is 6.42. The summed E-state index contributed by atoms with van der Waals surface area (Å²) in [6.07, 6.45) is 4.96. The van der Waals surface area contributed by atoms with Gasteiger partial charge in [0.2, 0.25) is 5.91 Å². The van der Waals surface area contributed by atoms with E-state index < -0.39 is 17.5 Å². The molecule has 4 amide bonds. The first kappa shape index (κ1) is 20.5. The van der Waals surface area contributed by atoms with Gasteiger partial charge in [0, 0.05) is 6.04 Å². The van der Waals surface area contributed by atoms with E-state index in [0.717, 1.165) is 17.2 Å². The summed E-state index contributed by atoms with van der Waals surface area (Å²) in [5.41, 5.74) is -0.773. The van der Waals surface area contributed by atoms with Gasteiger partial charge < -0.3 is 10.6 Å². The van der Waals surface area contributed by atoms with Crippen molar-refractivity contribution in [2.75, 3.05) is 6.54 Å². The van der Waals surface area contributed by atoms with Gasteiger partial charge in [-0.1, -0.05) is 35.7 Å². The predicted molar refractivity (Wildman–Crippen MR) is 111 cm³/mol. The van der Waals surface area contributed by atoms with Gasteiger partial charge in [0.05, 0.1) is 10.0 Å². The van der Waals surface area contributed by atoms with Crippen molar-refractivity contribution in [2.45, 2.75) is 51.1 Å². The second-order valence-corrected chi connectivity index (χ2v) is 9.58. The average molecular weight is 438 g/mol. The maximum Gasteiger partial charge on any atom is 0.325 e. The van der Waals surface area contributed by atoms with Crippen LogP contribution in [0, 0.1) is 17.8 Å². The fraction of sp³-hybridized carbons (Fsp3) is 0.571. The van der Waals surface area contributed by atoms with Crippen molar-refractivity contribution in [1.29, 1.82) is 0 Å². The minimum Gasteiger partial charge on any atom is -0.352 e. The van der Waals surface area contributed by atoms with E-state index in [1.54, 1.807) is 25.1 Å². The lowest BCUT2D eigenvalue weighted by Gasteiger charge is -2.29. The Morgan fingerprint density at radius 2 is 2.03 bits per heavy atom. The van der Waals surface area contributed by atoms with E-state index in [1.807, 2.05) is 6.92 Å². The van der Waals surface area contributed by atoms with Crippen LogP contribution in [-0.2, 0) is 15.1 Å². The molecule has 5 atom stereocenters. The van der Waals surface area contributed by atoms with Crippen LogP contribution in [0.15, 0.2) is 18.2 Å². The first-order valence-corrected chi connectivity index (χ1v) is 10.8. The Morgan fingerprint density at radius 3 is 2.66 bits per heavy atom. The molecular weight excluding hydrogens is 413 g/mol. The summed E-state index contributed by atoms with van der Waals surface area (Å²) in [6, 6.07) is 4.23. The van der Waals surface area contributed by atoms with Crippen LogP contribution >= 0.6 is 23.2 Å². The van der Waals surface area contributed by atoms with E-state index in [9.17, 15) is 14.4 Å². The van der Waals surface area contributed by atoms with E-state index in [2.05, 4.69) is 10.6 Å². The minimum atomic E-state index is -1.29. The number of nitrogens with zero attached hydrogens (tertiary/aromatic N) is 1. The van der Waals surface area contributed by atoms with Crippen molar-refractivity contribution in [3.8, 4) is 0 Å². The van der Waals surface area contributed by atoms with Crippen LogP contribution in [0.5, 0.6) is 0 Å². The van der Waals surface area contributed by atoms with Crippen molar-refractivity contribution >= 4 is 41.0 Å².